The third kappa shape index (κ3) is 1.66. The van der Waals surface area contributed by atoms with Gasteiger partial charge in [0.15, 0.2) is 0 Å². The molecule has 13 heavy (non-hydrogen) atoms. The summed E-state index contributed by atoms with van der Waals surface area (Å²) in [6, 6.07) is 6.19. The number of fused-ring (bicyclic) bond motifs is 1. The fourth-order valence-corrected chi connectivity index (χ4v) is 1.65. The van der Waals surface area contributed by atoms with Crippen LogP contribution in [-0.2, 0) is 11.3 Å². The molecule has 0 fully saturated rings. The van der Waals surface area contributed by atoms with Gasteiger partial charge in [0.1, 0.15) is 18.5 Å². The Morgan fingerprint density at radius 3 is 3.23 bits per heavy atom. The topological polar surface area (TPSA) is 44.5 Å². The Kier molecular flexibility index (Phi) is 2.20. The number of rotatable bonds is 2. The fraction of sp³-hybridized carbons (Fsp3) is 0.400. The number of hydrogen-bond acceptors (Lipinski definition) is 3. The molecule has 2 N–H and O–H groups in total. The molecule has 1 heterocycles. The standard InChI is InChI=1S/C10H13NO2/c1-7-2-3-10-8(4-7)5-9(13-10)6-12-11/h2-4,9H,5-6,11H2,1H3. The predicted octanol–water partition coefficient (Wildman–Crippen LogP) is 1.19. The van der Waals surface area contributed by atoms with Gasteiger partial charge in [0.2, 0.25) is 0 Å². The SMILES string of the molecule is Cc1ccc2c(c1)CC(CON)O2. The number of aryl methyl sites for hydroxylation is 1. The molecule has 2 rings (SSSR count). The molecular formula is C10H13NO2. The molecule has 3 heteroatoms. The fourth-order valence-electron chi connectivity index (χ4n) is 1.65. The highest BCUT2D eigenvalue weighted by atomic mass is 16.6. The van der Waals surface area contributed by atoms with Crippen molar-refractivity contribution in [1.82, 2.24) is 0 Å². The summed E-state index contributed by atoms with van der Waals surface area (Å²) in [6.45, 7) is 2.53. The average Bonchev–Trinajstić information content (AvgIpc) is 2.46. The van der Waals surface area contributed by atoms with Crippen molar-refractivity contribution in [2.45, 2.75) is 19.4 Å². The van der Waals surface area contributed by atoms with E-state index in [1.807, 2.05) is 12.1 Å². The smallest absolute Gasteiger partial charge is 0.128 e. The van der Waals surface area contributed by atoms with E-state index in [2.05, 4.69) is 17.8 Å². The number of ether oxygens (including phenoxy) is 1. The molecule has 0 aliphatic carbocycles. The van der Waals surface area contributed by atoms with Crippen LogP contribution < -0.4 is 10.6 Å². The molecule has 0 saturated carbocycles. The van der Waals surface area contributed by atoms with Gasteiger partial charge in [-0.3, -0.25) is 0 Å². The minimum Gasteiger partial charge on any atom is -0.487 e. The summed E-state index contributed by atoms with van der Waals surface area (Å²) in [5.41, 5.74) is 2.51. The van der Waals surface area contributed by atoms with E-state index in [0.717, 1.165) is 12.2 Å². The Morgan fingerprint density at radius 2 is 2.46 bits per heavy atom. The second-order valence-electron chi connectivity index (χ2n) is 3.39. The molecule has 1 aliphatic heterocycles. The van der Waals surface area contributed by atoms with Crippen molar-refractivity contribution in [2.75, 3.05) is 6.61 Å². The van der Waals surface area contributed by atoms with Gasteiger partial charge in [-0.2, -0.15) is 0 Å². The van der Waals surface area contributed by atoms with Crippen LogP contribution in [0.15, 0.2) is 18.2 Å². The molecule has 1 aliphatic rings. The van der Waals surface area contributed by atoms with Crippen LogP contribution >= 0.6 is 0 Å². The molecular weight excluding hydrogens is 166 g/mol. The minimum absolute atomic E-state index is 0.0850. The van der Waals surface area contributed by atoms with E-state index in [4.69, 9.17) is 10.6 Å². The molecule has 1 unspecified atom stereocenters. The summed E-state index contributed by atoms with van der Waals surface area (Å²) in [6.07, 6.45) is 0.982. The van der Waals surface area contributed by atoms with Crippen LogP contribution in [0.3, 0.4) is 0 Å². The van der Waals surface area contributed by atoms with Crippen molar-refractivity contribution in [1.29, 1.82) is 0 Å². The van der Waals surface area contributed by atoms with Crippen LogP contribution in [0.1, 0.15) is 11.1 Å². The van der Waals surface area contributed by atoms with E-state index in [9.17, 15) is 0 Å². The number of benzene rings is 1. The molecule has 1 aromatic rings. The monoisotopic (exact) mass is 179 g/mol. The minimum atomic E-state index is 0.0850. The van der Waals surface area contributed by atoms with E-state index >= 15 is 0 Å². The summed E-state index contributed by atoms with van der Waals surface area (Å²) in [4.78, 5) is 4.56. The maximum absolute atomic E-state index is 5.60. The van der Waals surface area contributed by atoms with Crippen LogP contribution in [0.2, 0.25) is 0 Å². The predicted molar refractivity (Wildman–Crippen MR) is 49.4 cm³/mol. The Balaban J connectivity index is 2.16. The second kappa shape index (κ2) is 3.36. The second-order valence-corrected chi connectivity index (χ2v) is 3.39. The van der Waals surface area contributed by atoms with Gasteiger partial charge in [0, 0.05) is 6.42 Å². The Morgan fingerprint density at radius 1 is 1.62 bits per heavy atom. The highest BCUT2D eigenvalue weighted by Gasteiger charge is 2.22. The van der Waals surface area contributed by atoms with Crippen molar-refractivity contribution in [3.8, 4) is 5.75 Å². The first-order valence-corrected chi connectivity index (χ1v) is 4.37. The van der Waals surface area contributed by atoms with Crippen LogP contribution in [-0.4, -0.2) is 12.7 Å². The van der Waals surface area contributed by atoms with Crippen molar-refractivity contribution in [3.05, 3.63) is 29.3 Å². The summed E-state index contributed by atoms with van der Waals surface area (Å²) >= 11 is 0. The molecule has 0 saturated heterocycles. The van der Waals surface area contributed by atoms with E-state index < -0.39 is 0 Å². The van der Waals surface area contributed by atoms with Crippen LogP contribution in [0.25, 0.3) is 0 Å². The van der Waals surface area contributed by atoms with Gasteiger partial charge in [0.05, 0.1) is 0 Å². The lowest BCUT2D eigenvalue weighted by atomic mass is 10.1. The Labute approximate surface area is 77.4 Å². The first-order valence-electron chi connectivity index (χ1n) is 4.37. The zero-order valence-electron chi connectivity index (χ0n) is 7.62. The molecule has 0 radical (unpaired) electrons. The van der Waals surface area contributed by atoms with Crippen molar-refractivity contribution >= 4 is 0 Å². The quantitative estimate of drug-likeness (QED) is 0.693. The number of hydrogen-bond donors (Lipinski definition) is 1. The Hall–Kier alpha value is -1.06. The highest BCUT2D eigenvalue weighted by Crippen LogP contribution is 2.29. The van der Waals surface area contributed by atoms with Crippen LogP contribution in [0.5, 0.6) is 5.75 Å². The van der Waals surface area contributed by atoms with Crippen LogP contribution in [0.4, 0.5) is 0 Å². The van der Waals surface area contributed by atoms with Gasteiger partial charge in [-0.05, 0) is 18.6 Å². The van der Waals surface area contributed by atoms with Gasteiger partial charge >= 0.3 is 0 Å². The lowest BCUT2D eigenvalue weighted by Gasteiger charge is -2.07. The van der Waals surface area contributed by atoms with Gasteiger partial charge in [0.25, 0.3) is 0 Å². The third-order valence-corrected chi connectivity index (χ3v) is 2.24. The van der Waals surface area contributed by atoms with Crippen molar-refractivity contribution in [2.24, 2.45) is 5.90 Å². The van der Waals surface area contributed by atoms with Gasteiger partial charge in [-0.25, -0.2) is 5.90 Å². The summed E-state index contributed by atoms with van der Waals surface area (Å²) < 4.78 is 5.60. The molecule has 0 aromatic heterocycles. The van der Waals surface area contributed by atoms with E-state index in [0.29, 0.717) is 6.61 Å². The molecule has 70 valence electrons. The highest BCUT2D eigenvalue weighted by molar-refractivity contribution is 5.40. The maximum Gasteiger partial charge on any atom is 0.128 e. The van der Waals surface area contributed by atoms with Crippen molar-refractivity contribution < 1.29 is 9.57 Å². The third-order valence-electron chi connectivity index (χ3n) is 2.24. The summed E-state index contributed by atoms with van der Waals surface area (Å²) in [5.74, 6) is 5.96. The molecule has 0 amide bonds. The molecule has 1 aromatic carbocycles. The van der Waals surface area contributed by atoms with Crippen LogP contribution in [0, 0.1) is 6.92 Å². The van der Waals surface area contributed by atoms with Gasteiger partial charge in [-0.1, -0.05) is 17.7 Å². The first-order chi connectivity index (χ1) is 6.29. The normalized spacial score (nSPS) is 19.7. The average molecular weight is 179 g/mol. The van der Waals surface area contributed by atoms with E-state index in [1.54, 1.807) is 0 Å². The van der Waals surface area contributed by atoms with E-state index in [-0.39, 0.29) is 6.10 Å². The van der Waals surface area contributed by atoms with Gasteiger partial charge < -0.3 is 9.57 Å². The summed E-state index contributed by atoms with van der Waals surface area (Å²) in [5, 5.41) is 0. The zero-order valence-corrected chi connectivity index (χ0v) is 7.62. The lowest BCUT2D eigenvalue weighted by molar-refractivity contribution is 0.0609. The zero-order chi connectivity index (χ0) is 9.26. The summed E-state index contributed by atoms with van der Waals surface area (Å²) in [7, 11) is 0. The Bertz CT molecular complexity index is 312. The largest absolute Gasteiger partial charge is 0.487 e. The number of nitrogens with two attached hydrogens (primary N) is 1. The maximum atomic E-state index is 5.60. The first kappa shape index (κ1) is 8.53. The van der Waals surface area contributed by atoms with Crippen molar-refractivity contribution in [3.63, 3.8) is 0 Å². The molecule has 3 nitrogen and oxygen atoms in total. The molecule has 0 spiro atoms. The van der Waals surface area contributed by atoms with Gasteiger partial charge in [-0.15, -0.1) is 0 Å². The molecule has 0 bridgehead atoms. The lowest BCUT2D eigenvalue weighted by Crippen LogP contribution is -2.22. The van der Waals surface area contributed by atoms with E-state index in [1.165, 1.54) is 11.1 Å². The molecule has 1 atom stereocenters.